The predicted molar refractivity (Wildman–Crippen MR) is 117 cm³/mol. The van der Waals surface area contributed by atoms with Gasteiger partial charge in [-0.05, 0) is 30.7 Å². The second-order valence-electron chi connectivity index (χ2n) is 7.63. The van der Waals surface area contributed by atoms with E-state index in [-0.39, 0.29) is 11.7 Å². The molecule has 0 radical (unpaired) electrons. The molecule has 2 aliphatic heterocycles. The van der Waals surface area contributed by atoms with Crippen LogP contribution < -0.4 is 5.56 Å². The summed E-state index contributed by atoms with van der Waals surface area (Å²) in [5.41, 5.74) is 1.07. The molecule has 2 fully saturated rings. The maximum atomic E-state index is 13.7. The molecule has 0 N–H and O–H groups in total. The van der Waals surface area contributed by atoms with E-state index in [1.807, 2.05) is 16.0 Å². The Bertz CT molecular complexity index is 1020. The van der Waals surface area contributed by atoms with Crippen molar-refractivity contribution in [2.75, 3.05) is 32.9 Å². The van der Waals surface area contributed by atoms with Gasteiger partial charge in [0.05, 0.1) is 37.8 Å². The predicted octanol–water partition coefficient (Wildman–Crippen LogP) is 3.59. The standard InChI is InChI=1S/C21H25N3O3S2/c25-21-19-16(17-5-3-11-28-17)14-29-20(19)22-18(13-23-6-9-26-10-7-23)24(21)12-15-4-1-2-8-27-15/h3,5,11,14-15H,1-2,4,6-10,12-13H2. The highest BCUT2D eigenvalue weighted by molar-refractivity contribution is 7.18. The van der Waals surface area contributed by atoms with Gasteiger partial charge in [0, 0.05) is 35.5 Å². The maximum absolute atomic E-state index is 13.7. The molecule has 1 unspecified atom stereocenters. The zero-order valence-corrected chi connectivity index (χ0v) is 18.0. The molecule has 0 bridgehead atoms. The molecule has 0 amide bonds. The second kappa shape index (κ2) is 8.65. The van der Waals surface area contributed by atoms with E-state index in [1.54, 1.807) is 22.7 Å². The first-order valence-corrected chi connectivity index (χ1v) is 12.0. The lowest BCUT2D eigenvalue weighted by molar-refractivity contribution is 0.00333. The van der Waals surface area contributed by atoms with Gasteiger partial charge in [0.25, 0.3) is 5.56 Å². The normalized spacial score (nSPS) is 21.0. The number of thiophene rings is 2. The van der Waals surface area contributed by atoms with E-state index < -0.39 is 0 Å². The molecule has 0 aromatic carbocycles. The number of aromatic nitrogens is 2. The first-order valence-electron chi connectivity index (χ1n) is 10.3. The molecule has 5 rings (SSSR count). The average Bonchev–Trinajstić information content (AvgIpc) is 3.42. The molecular formula is C21H25N3O3S2. The lowest BCUT2D eigenvalue weighted by Gasteiger charge is -2.28. The number of ether oxygens (including phenoxy) is 2. The summed E-state index contributed by atoms with van der Waals surface area (Å²) >= 11 is 3.23. The minimum absolute atomic E-state index is 0.0667. The molecule has 2 aliphatic rings. The van der Waals surface area contributed by atoms with Crippen LogP contribution in [-0.2, 0) is 22.6 Å². The highest BCUT2D eigenvalue weighted by atomic mass is 32.1. The topological polar surface area (TPSA) is 56.6 Å². The maximum Gasteiger partial charge on any atom is 0.263 e. The van der Waals surface area contributed by atoms with Crippen molar-refractivity contribution in [3.63, 3.8) is 0 Å². The van der Waals surface area contributed by atoms with Gasteiger partial charge in [-0.15, -0.1) is 22.7 Å². The fourth-order valence-corrected chi connectivity index (χ4v) is 5.87. The molecule has 3 aromatic rings. The van der Waals surface area contributed by atoms with Gasteiger partial charge in [-0.2, -0.15) is 0 Å². The van der Waals surface area contributed by atoms with Crippen molar-refractivity contribution in [3.8, 4) is 10.4 Å². The van der Waals surface area contributed by atoms with Gasteiger partial charge >= 0.3 is 0 Å². The van der Waals surface area contributed by atoms with Crippen LogP contribution in [0.2, 0.25) is 0 Å². The summed E-state index contributed by atoms with van der Waals surface area (Å²) in [6.45, 7) is 5.26. The fraction of sp³-hybridized carbons (Fsp3) is 0.524. The SMILES string of the molecule is O=c1c2c(-c3cccs3)csc2nc(CN2CCOCC2)n1CC1CCCCO1. The molecule has 0 spiro atoms. The lowest BCUT2D eigenvalue weighted by atomic mass is 10.1. The molecule has 2 saturated heterocycles. The van der Waals surface area contributed by atoms with Crippen molar-refractivity contribution >= 4 is 32.9 Å². The Balaban J connectivity index is 1.57. The Morgan fingerprint density at radius 1 is 1.17 bits per heavy atom. The van der Waals surface area contributed by atoms with Crippen molar-refractivity contribution in [1.29, 1.82) is 0 Å². The summed E-state index contributed by atoms with van der Waals surface area (Å²) in [4.78, 5) is 22.9. The highest BCUT2D eigenvalue weighted by Gasteiger charge is 2.23. The first-order chi connectivity index (χ1) is 14.3. The van der Waals surface area contributed by atoms with Crippen molar-refractivity contribution < 1.29 is 9.47 Å². The lowest BCUT2D eigenvalue weighted by Crippen LogP contribution is -2.39. The number of rotatable bonds is 5. The Hall–Kier alpha value is -1.58. The van der Waals surface area contributed by atoms with Crippen LogP contribution in [0.15, 0.2) is 27.7 Å². The molecule has 29 heavy (non-hydrogen) atoms. The monoisotopic (exact) mass is 431 g/mol. The first kappa shape index (κ1) is 19.4. The molecule has 1 atom stereocenters. The van der Waals surface area contributed by atoms with Crippen LogP contribution in [-0.4, -0.2) is 53.5 Å². The number of fused-ring (bicyclic) bond motifs is 1. The Kier molecular flexibility index (Phi) is 5.78. The summed E-state index contributed by atoms with van der Waals surface area (Å²) in [5, 5.41) is 4.87. The van der Waals surface area contributed by atoms with Gasteiger partial charge in [-0.25, -0.2) is 4.98 Å². The van der Waals surface area contributed by atoms with Gasteiger partial charge < -0.3 is 9.47 Å². The Labute approximate surface area is 177 Å². The summed E-state index contributed by atoms with van der Waals surface area (Å²) in [7, 11) is 0. The van der Waals surface area contributed by atoms with E-state index >= 15 is 0 Å². The largest absolute Gasteiger partial charge is 0.379 e. The van der Waals surface area contributed by atoms with E-state index in [9.17, 15) is 4.79 Å². The Morgan fingerprint density at radius 2 is 2.07 bits per heavy atom. The average molecular weight is 432 g/mol. The van der Waals surface area contributed by atoms with Crippen LogP contribution in [0.5, 0.6) is 0 Å². The molecule has 154 valence electrons. The second-order valence-corrected chi connectivity index (χ2v) is 9.43. The minimum Gasteiger partial charge on any atom is -0.379 e. The van der Waals surface area contributed by atoms with Gasteiger partial charge in [0.1, 0.15) is 10.7 Å². The van der Waals surface area contributed by atoms with Gasteiger partial charge in [0.2, 0.25) is 0 Å². The molecule has 0 saturated carbocycles. The number of nitrogens with zero attached hydrogens (tertiary/aromatic N) is 3. The third-order valence-electron chi connectivity index (χ3n) is 5.69. The summed E-state index contributed by atoms with van der Waals surface area (Å²) in [6, 6.07) is 4.10. The molecule has 3 aromatic heterocycles. The smallest absolute Gasteiger partial charge is 0.263 e. The number of hydrogen-bond donors (Lipinski definition) is 0. The van der Waals surface area contributed by atoms with Crippen molar-refractivity contribution in [1.82, 2.24) is 14.5 Å². The number of hydrogen-bond acceptors (Lipinski definition) is 7. The summed E-state index contributed by atoms with van der Waals surface area (Å²) < 4.78 is 13.3. The third-order valence-corrected chi connectivity index (χ3v) is 7.46. The molecule has 0 aliphatic carbocycles. The fourth-order valence-electron chi connectivity index (χ4n) is 4.10. The Morgan fingerprint density at radius 3 is 2.83 bits per heavy atom. The van der Waals surface area contributed by atoms with E-state index in [4.69, 9.17) is 14.5 Å². The van der Waals surface area contributed by atoms with Gasteiger partial charge in [-0.1, -0.05) is 6.07 Å². The van der Waals surface area contributed by atoms with Crippen molar-refractivity contribution in [3.05, 3.63) is 39.1 Å². The van der Waals surface area contributed by atoms with Crippen molar-refractivity contribution in [2.45, 2.75) is 38.5 Å². The number of morpholine rings is 1. The van der Waals surface area contributed by atoms with Crippen LogP contribution in [0.4, 0.5) is 0 Å². The van der Waals surface area contributed by atoms with Gasteiger partial charge in [0.15, 0.2) is 0 Å². The van der Waals surface area contributed by atoms with E-state index in [1.165, 1.54) is 0 Å². The molecule has 8 heteroatoms. The highest BCUT2D eigenvalue weighted by Crippen LogP contribution is 2.34. The molecule has 6 nitrogen and oxygen atoms in total. The van der Waals surface area contributed by atoms with E-state index in [2.05, 4.69) is 16.3 Å². The van der Waals surface area contributed by atoms with Crippen molar-refractivity contribution in [2.24, 2.45) is 0 Å². The van der Waals surface area contributed by atoms with E-state index in [0.717, 1.165) is 78.7 Å². The molecular weight excluding hydrogens is 406 g/mol. The quantitative estimate of drug-likeness (QED) is 0.618. The van der Waals surface area contributed by atoms with Crippen LogP contribution in [0.1, 0.15) is 25.1 Å². The summed E-state index contributed by atoms with van der Waals surface area (Å²) in [5.74, 6) is 0.846. The van der Waals surface area contributed by atoms with E-state index in [0.29, 0.717) is 13.1 Å². The minimum atomic E-state index is 0.0667. The zero-order chi connectivity index (χ0) is 19.6. The molecule has 5 heterocycles. The van der Waals surface area contributed by atoms with Crippen LogP contribution in [0.3, 0.4) is 0 Å². The third kappa shape index (κ3) is 4.04. The van der Waals surface area contributed by atoms with Crippen LogP contribution >= 0.6 is 22.7 Å². The van der Waals surface area contributed by atoms with Crippen LogP contribution in [0.25, 0.3) is 20.7 Å². The zero-order valence-electron chi connectivity index (χ0n) is 16.3. The van der Waals surface area contributed by atoms with Crippen LogP contribution in [0, 0.1) is 0 Å². The summed E-state index contributed by atoms with van der Waals surface area (Å²) in [6.07, 6.45) is 3.36. The van der Waals surface area contributed by atoms with Gasteiger partial charge in [-0.3, -0.25) is 14.3 Å².